The van der Waals surface area contributed by atoms with Crippen LogP contribution in [0.3, 0.4) is 0 Å². The molecule has 2 aliphatic rings. The number of piperazine rings is 1. The highest BCUT2D eigenvalue weighted by Gasteiger charge is 2.31. The molecule has 38 heavy (non-hydrogen) atoms. The van der Waals surface area contributed by atoms with Gasteiger partial charge in [-0.1, -0.05) is 35.3 Å². The molecule has 2 heterocycles. The molecule has 3 aromatic carbocycles. The van der Waals surface area contributed by atoms with Crippen molar-refractivity contribution in [2.24, 2.45) is 0 Å². The Balaban J connectivity index is 1.52. The van der Waals surface area contributed by atoms with Crippen LogP contribution in [-0.2, 0) is 0 Å². The van der Waals surface area contributed by atoms with Crippen LogP contribution in [0.1, 0.15) is 20.7 Å². The largest absolute Gasteiger partial charge is 0.364 e. The van der Waals surface area contributed by atoms with Crippen LogP contribution < -0.4 is 15.1 Å². The van der Waals surface area contributed by atoms with Crippen molar-refractivity contribution in [1.82, 2.24) is 10.2 Å². The predicted octanol–water partition coefficient (Wildman–Crippen LogP) is 5.28. The molecule has 10 heteroatoms. The number of anilines is 2. The lowest BCUT2D eigenvalue weighted by molar-refractivity contribution is 0.0735. The van der Waals surface area contributed by atoms with E-state index in [0.29, 0.717) is 46.2 Å². The Bertz CT molecular complexity index is 1370. The third-order valence-electron chi connectivity index (χ3n) is 6.92. The number of nitrogens with one attached hydrogen (secondary N) is 1. The third kappa shape index (κ3) is 5.08. The number of amides is 2. The maximum absolute atomic E-state index is 14.5. The number of halogens is 4. The second-order valence-corrected chi connectivity index (χ2v) is 10.2. The number of nitrogens with zero attached hydrogens (tertiary/aromatic N) is 3. The molecular weight excluding hydrogens is 533 g/mol. The monoisotopic (exact) mass is 558 g/mol. The van der Waals surface area contributed by atoms with E-state index >= 15 is 0 Å². The van der Waals surface area contributed by atoms with Gasteiger partial charge in [-0.15, -0.1) is 0 Å². The van der Waals surface area contributed by atoms with Crippen molar-refractivity contribution in [3.05, 3.63) is 81.6 Å². The minimum atomic E-state index is -0.989. The van der Waals surface area contributed by atoms with Crippen molar-refractivity contribution in [3.8, 4) is 11.1 Å². The van der Waals surface area contributed by atoms with Gasteiger partial charge in [0.25, 0.3) is 11.8 Å². The van der Waals surface area contributed by atoms with Gasteiger partial charge in [0.05, 0.1) is 35.1 Å². The summed E-state index contributed by atoms with van der Waals surface area (Å²) in [7, 11) is 1.52. The van der Waals surface area contributed by atoms with Crippen molar-refractivity contribution in [1.29, 1.82) is 0 Å². The molecular formula is C28H26Cl2F2N4O2. The van der Waals surface area contributed by atoms with Crippen LogP contribution in [0.25, 0.3) is 11.1 Å². The van der Waals surface area contributed by atoms with Crippen LogP contribution in [0, 0.1) is 5.82 Å². The van der Waals surface area contributed by atoms with Gasteiger partial charge in [0.1, 0.15) is 12.0 Å². The average molecular weight is 559 g/mol. The molecule has 2 fully saturated rings. The summed E-state index contributed by atoms with van der Waals surface area (Å²) >= 11 is 12.7. The highest BCUT2D eigenvalue weighted by atomic mass is 35.5. The van der Waals surface area contributed by atoms with E-state index in [-0.39, 0.29) is 29.6 Å². The molecule has 0 aliphatic carbocycles. The van der Waals surface area contributed by atoms with Crippen LogP contribution in [0.5, 0.6) is 0 Å². The molecule has 2 aliphatic heterocycles. The molecule has 5 rings (SSSR count). The number of alkyl halides is 1. The van der Waals surface area contributed by atoms with Gasteiger partial charge in [0.15, 0.2) is 0 Å². The summed E-state index contributed by atoms with van der Waals surface area (Å²) in [5, 5.41) is 3.69. The molecule has 0 radical (unpaired) electrons. The lowest BCUT2D eigenvalue weighted by Crippen LogP contribution is -2.49. The van der Waals surface area contributed by atoms with Crippen molar-refractivity contribution >= 4 is 46.4 Å². The standard InChI is InChI=1S/C28H26Cl2F2N4O2/c1-34(28(38)26-22(30)3-2-4-23(26)32)24-8-6-17(14-25(24)36-15-19(31)16-36)20-13-18(5-7-21(20)29)27(37)35-11-9-33-10-12-35/h2-8,13-14,19,33H,9-12,15-16H2,1H3. The van der Waals surface area contributed by atoms with E-state index in [1.165, 1.54) is 30.1 Å². The highest BCUT2D eigenvalue weighted by Crippen LogP contribution is 2.39. The van der Waals surface area contributed by atoms with Gasteiger partial charge in [-0.25, -0.2) is 8.78 Å². The van der Waals surface area contributed by atoms with Crippen LogP contribution in [-0.4, -0.2) is 69.2 Å². The van der Waals surface area contributed by atoms with Crippen molar-refractivity contribution < 1.29 is 18.4 Å². The molecule has 6 nitrogen and oxygen atoms in total. The van der Waals surface area contributed by atoms with E-state index in [0.717, 1.165) is 13.1 Å². The van der Waals surface area contributed by atoms with E-state index < -0.39 is 17.9 Å². The third-order valence-corrected chi connectivity index (χ3v) is 7.57. The Morgan fingerprint density at radius 1 is 1.00 bits per heavy atom. The number of carbonyl (C=O) groups excluding carboxylic acids is 2. The topological polar surface area (TPSA) is 55.9 Å². The van der Waals surface area contributed by atoms with E-state index in [2.05, 4.69) is 5.32 Å². The summed E-state index contributed by atoms with van der Waals surface area (Å²) in [6, 6.07) is 14.5. The summed E-state index contributed by atoms with van der Waals surface area (Å²) in [4.78, 5) is 31.3. The molecule has 0 spiro atoms. The van der Waals surface area contributed by atoms with E-state index in [9.17, 15) is 18.4 Å². The number of carbonyl (C=O) groups is 2. The van der Waals surface area contributed by atoms with Crippen LogP contribution in [0.15, 0.2) is 54.6 Å². The second kappa shape index (κ2) is 10.9. The first kappa shape index (κ1) is 26.4. The summed E-state index contributed by atoms with van der Waals surface area (Å²) < 4.78 is 28.4. The Morgan fingerprint density at radius 3 is 2.42 bits per heavy atom. The van der Waals surface area contributed by atoms with Gasteiger partial charge in [0, 0.05) is 49.4 Å². The lowest BCUT2D eigenvalue weighted by atomic mass is 9.99. The quantitative estimate of drug-likeness (QED) is 0.463. The van der Waals surface area contributed by atoms with E-state index in [4.69, 9.17) is 23.2 Å². The minimum absolute atomic E-state index is 0.00513. The van der Waals surface area contributed by atoms with Gasteiger partial charge in [0.2, 0.25) is 0 Å². The Hall–Kier alpha value is -3.20. The van der Waals surface area contributed by atoms with Crippen LogP contribution in [0.2, 0.25) is 10.0 Å². The van der Waals surface area contributed by atoms with Crippen LogP contribution >= 0.6 is 23.2 Å². The first-order chi connectivity index (χ1) is 18.2. The second-order valence-electron chi connectivity index (χ2n) is 9.40. The smallest absolute Gasteiger partial charge is 0.262 e. The number of hydrogen-bond donors (Lipinski definition) is 1. The molecule has 0 atom stereocenters. The molecule has 0 saturated carbocycles. The van der Waals surface area contributed by atoms with Gasteiger partial charge in [-0.05, 0) is 48.0 Å². The number of hydrogen-bond acceptors (Lipinski definition) is 4. The van der Waals surface area contributed by atoms with Gasteiger partial charge in [-0.3, -0.25) is 9.59 Å². The number of rotatable bonds is 5. The first-order valence-electron chi connectivity index (χ1n) is 12.3. The zero-order valence-electron chi connectivity index (χ0n) is 20.7. The number of benzene rings is 3. The fourth-order valence-electron chi connectivity index (χ4n) is 4.76. The maximum atomic E-state index is 14.5. The molecule has 1 N–H and O–H groups in total. The summed E-state index contributed by atoms with van der Waals surface area (Å²) in [6.45, 7) is 3.06. The first-order valence-corrected chi connectivity index (χ1v) is 13.0. The Labute approximate surface area is 229 Å². The lowest BCUT2D eigenvalue weighted by Gasteiger charge is -2.39. The van der Waals surface area contributed by atoms with E-state index in [1.54, 1.807) is 40.1 Å². The summed E-state index contributed by atoms with van der Waals surface area (Å²) in [6.07, 6.45) is -0.989. The molecule has 2 saturated heterocycles. The molecule has 3 aromatic rings. The van der Waals surface area contributed by atoms with Crippen molar-refractivity contribution in [2.75, 3.05) is 56.1 Å². The fourth-order valence-corrected chi connectivity index (χ4v) is 5.23. The minimum Gasteiger partial charge on any atom is -0.364 e. The fraction of sp³-hybridized carbons (Fsp3) is 0.286. The molecule has 0 unspecified atom stereocenters. The molecule has 0 aromatic heterocycles. The average Bonchev–Trinajstić information content (AvgIpc) is 2.91. The highest BCUT2D eigenvalue weighted by molar-refractivity contribution is 6.35. The molecule has 0 bridgehead atoms. The zero-order valence-corrected chi connectivity index (χ0v) is 22.2. The Kier molecular flexibility index (Phi) is 7.56. The van der Waals surface area contributed by atoms with Crippen LogP contribution in [0.4, 0.5) is 20.2 Å². The zero-order chi connectivity index (χ0) is 27.0. The van der Waals surface area contributed by atoms with Gasteiger partial charge in [-0.2, -0.15) is 0 Å². The van der Waals surface area contributed by atoms with E-state index in [1.807, 2.05) is 6.07 Å². The maximum Gasteiger partial charge on any atom is 0.262 e. The van der Waals surface area contributed by atoms with Crippen molar-refractivity contribution in [2.45, 2.75) is 6.17 Å². The predicted molar refractivity (Wildman–Crippen MR) is 147 cm³/mol. The molecule has 198 valence electrons. The summed E-state index contributed by atoms with van der Waals surface area (Å²) in [5.74, 6) is -1.42. The SMILES string of the molecule is CN(C(=O)c1c(F)cccc1Cl)c1ccc(-c2cc(C(=O)N3CCNCC3)ccc2Cl)cc1N1CC(F)C1. The molecule has 2 amide bonds. The van der Waals surface area contributed by atoms with Gasteiger partial charge < -0.3 is 20.0 Å². The Morgan fingerprint density at radius 2 is 1.74 bits per heavy atom. The van der Waals surface area contributed by atoms with Gasteiger partial charge >= 0.3 is 0 Å². The normalized spacial score (nSPS) is 15.8. The summed E-state index contributed by atoms with van der Waals surface area (Å²) in [5.41, 5.74) is 2.69. The van der Waals surface area contributed by atoms with Crippen molar-refractivity contribution in [3.63, 3.8) is 0 Å².